The molecule has 0 saturated heterocycles. The SMILES string of the molecule is O=C1CC(/C=C/c2ccc([N+](=O)[O-])cc2)=Nc2ccc(Cl)cc2N1. The largest absolute Gasteiger partial charge is 0.324 e. The summed E-state index contributed by atoms with van der Waals surface area (Å²) < 4.78 is 0. The van der Waals surface area contributed by atoms with Gasteiger partial charge in [0.05, 0.1) is 28.4 Å². The van der Waals surface area contributed by atoms with Crippen LogP contribution in [-0.2, 0) is 4.79 Å². The molecule has 1 amide bonds. The van der Waals surface area contributed by atoms with E-state index >= 15 is 0 Å². The highest BCUT2D eigenvalue weighted by Crippen LogP contribution is 2.30. The molecule has 0 fully saturated rings. The molecule has 120 valence electrons. The monoisotopic (exact) mass is 341 g/mol. The molecule has 3 rings (SSSR count). The Balaban J connectivity index is 1.86. The van der Waals surface area contributed by atoms with Gasteiger partial charge in [-0.25, -0.2) is 0 Å². The number of fused-ring (bicyclic) bond motifs is 1. The fourth-order valence-electron chi connectivity index (χ4n) is 2.25. The molecule has 2 aromatic rings. The Kier molecular flexibility index (Phi) is 4.39. The van der Waals surface area contributed by atoms with Crippen LogP contribution in [0.1, 0.15) is 12.0 Å². The number of anilines is 1. The number of benzene rings is 2. The van der Waals surface area contributed by atoms with E-state index in [0.717, 1.165) is 5.56 Å². The lowest BCUT2D eigenvalue weighted by atomic mass is 10.1. The molecule has 0 aliphatic carbocycles. The highest BCUT2D eigenvalue weighted by molar-refractivity contribution is 6.31. The van der Waals surface area contributed by atoms with Crippen LogP contribution in [0.15, 0.2) is 53.5 Å². The van der Waals surface area contributed by atoms with Gasteiger partial charge in [0.25, 0.3) is 5.69 Å². The Hall–Kier alpha value is -2.99. The molecule has 0 atom stereocenters. The Morgan fingerprint density at radius 2 is 1.92 bits per heavy atom. The van der Waals surface area contributed by atoms with E-state index in [-0.39, 0.29) is 18.0 Å². The number of nitro groups is 1. The third kappa shape index (κ3) is 3.67. The number of nitrogens with zero attached hydrogens (tertiary/aromatic N) is 2. The number of amides is 1. The maximum absolute atomic E-state index is 12.0. The summed E-state index contributed by atoms with van der Waals surface area (Å²) in [5.41, 5.74) is 2.61. The molecular weight excluding hydrogens is 330 g/mol. The van der Waals surface area contributed by atoms with Gasteiger partial charge in [-0.05, 0) is 42.0 Å². The molecule has 24 heavy (non-hydrogen) atoms. The van der Waals surface area contributed by atoms with Crippen LogP contribution < -0.4 is 5.32 Å². The molecule has 0 bridgehead atoms. The van der Waals surface area contributed by atoms with Crippen molar-refractivity contribution in [2.75, 3.05) is 5.32 Å². The molecule has 0 unspecified atom stereocenters. The lowest BCUT2D eigenvalue weighted by Crippen LogP contribution is -2.13. The number of non-ortho nitro benzene ring substituents is 1. The number of hydrogen-bond donors (Lipinski definition) is 1. The number of allylic oxidation sites excluding steroid dienone is 1. The third-order valence-corrected chi connectivity index (χ3v) is 3.65. The van der Waals surface area contributed by atoms with E-state index in [1.54, 1.807) is 42.5 Å². The summed E-state index contributed by atoms with van der Waals surface area (Å²) in [4.78, 5) is 26.6. The van der Waals surface area contributed by atoms with E-state index in [0.29, 0.717) is 22.1 Å². The predicted octanol–water partition coefficient (Wildman–Crippen LogP) is 4.38. The Bertz CT molecular complexity index is 873. The van der Waals surface area contributed by atoms with Crippen molar-refractivity contribution in [3.05, 3.63) is 69.2 Å². The normalized spacial score (nSPS) is 13.9. The van der Waals surface area contributed by atoms with Gasteiger partial charge < -0.3 is 5.32 Å². The van der Waals surface area contributed by atoms with Crippen molar-refractivity contribution in [3.63, 3.8) is 0 Å². The van der Waals surface area contributed by atoms with Crippen LogP contribution in [0.5, 0.6) is 0 Å². The summed E-state index contributed by atoms with van der Waals surface area (Å²) in [6.07, 6.45) is 3.62. The van der Waals surface area contributed by atoms with Crippen LogP contribution in [0.3, 0.4) is 0 Å². The molecule has 6 nitrogen and oxygen atoms in total. The number of rotatable bonds is 3. The zero-order valence-corrected chi connectivity index (χ0v) is 13.2. The summed E-state index contributed by atoms with van der Waals surface area (Å²) in [6.45, 7) is 0. The van der Waals surface area contributed by atoms with Crippen LogP contribution >= 0.6 is 11.6 Å². The van der Waals surface area contributed by atoms with Gasteiger partial charge in [-0.1, -0.05) is 17.7 Å². The van der Waals surface area contributed by atoms with Gasteiger partial charge in [0.2, 0.25) is 5.91 Å². The van der Waals surface area contributed by atoms with Gasteiger partial charge in [-0.2, -0.15) is 0 Å². The van der Waals surface area contributed by atoms with Crippen LogP contribution in [0.4, 0.5) is 17.1 Å². The van der Waals surface area contributed by atoms with Gasteiger partial charge in [-0.15, -0.1) is 0 Å². The summed E-state index contributed by atoms with van der Waals surface area (Å²) in [5, 5.41) is 13.9. The summed E-state index contributed by atoms with van der Waals surface area (Å²) in [7, 11) is 0. The average Bonchev–Trinajstić information content (AvgIpc) is 2.70. The first-order valence-corrected chi connectivity index (χ1v) is 7.48. The minimum atomic E-state index is -0.449. The van der Waals surface area contributed by atoms with E-state index in [9.17, 15) is 14.9 Å². The Morgan fingerprint density at radius 1 is 1.17 bits per heavy atom. The number of nitro benzene ring substituents is 1. The molecule has 0 saturated carbocycles. The topological polar surface area (TPSA) is 84.6 Å². The zero-order chi connectivity index (χ0) is 17.1. The summed E-state index contributed by atoms with van der Waals surface area (Å²) in [6, 6.07) is 11.2. The summed E-state index contributed by atoms with van der Waals surface area (Å²) in [5.74, 6) is -0.178. The Labute approximate surface area is 142 Å². The fourth-order valence-corrected chi connectivity index (χ4v) is 2.43. The first-order valence-electron chi connectivity index (χ1n) is 7.11. The molecule has 0 radical (unpaired) electrons. The first-order chi connectivity index (χ1) is 11.5. The minimum absolute atomic E-state index is 0.0316. The molecule has 2 aromatic carbocycles. The standard InChI is InChI=1S/C17H12ClN3O3/c18-12-4-8-15-16(9-12)20-17(22)10-13(19-15)5-1-11-2-6-14(7-3-11)21(23)24/h1-9H,10H2,(H,20,22)/b5-1+. The zero-order valence-electron chi connectivity index (χ0n) is 12.4. The van der Waals surface area contributed by atoms with Gasteiger partial charge >= 0.3 is 0 Å². The highest BCUT2D eigenvalue weighted by Gasteiger charge is 2.14. The molecule has 1 aliphatic rings. The van der Waals surface area contributed by atoms with E-state index < -0.39 is 4.92 Å². The molecule has 1 heterocycles. The van der Waals surface area contributed by atoms with Crippen LogP contribution in [-0.4, -0.2) is 16.5 Å². The van der Waals surface area contributed by atoms with Crippen molar-refractivity contribution in [2.45, 2.75) is 6.42 Å². The van der Waals surface area contributed by atoms with Crippen molar-refractivity contribution < 1.29 is 9.72 Å². The lowest BCUT2D eigenvalue weighted by molar-refractivity contribution is -0.384. The first kappa shape index (κ1) is 15.9. The minimum Gasteiger partial charge on any atom is -0.324 e. The second-order valence-corrected chi connectivity index (χ2v) is 5.61. The maximum atomic E-state index is 12.0. The molecule has 0 aromatic heterocycles. The molecule has 7 heteroatoms. The van der Waals surface area contributed by atoms with Crippen molar-refractivity contribution in [1.29, 1.82) is 0 Å². The van der Waals surface area contributed by atoms with E-state index in [1.807, 2.05) is 0 Å². The molecule has 1 aliphatic heterocycles. The van der Waals surface area contributed by atoms with Gasteiger partial charge in [0.1, 0.15) is 0 Å². The smallest absolute Gasteiger partial charge is 0.269 e. The molecule has 0 spiro atoms. The fraction of sp³-hybridized carbons (Fsp3) is 0.0588. The Morgan fingerprint density at radius 3 is 2.62 bits per heavy atom. The maximum Gasteiger partial charge on any atom is 0.269 e. The number of nitrogens with one attached hydrogen (secondary N) is 1. The van der Waals surface area contributed by atoms with E-state index in [4.69, 9.17) is 11.6 Å². The number of aliphatic imine (C=N–C) groups is 1. The second-order valence-electron chi connectivity index (χ2n) is 5.17. The van der Waals surface area contributed by atoms with Crippen LogP contribution in [0, 0.1) is 10.1 Å². The quantitative estimate of drug-likeness (QED) is 0.664. The van der Waals surface area contributed by atoms with Crippen molar-refractivity contribution >= 4 is 46.4 Å². The summed E-state index contributed by atoms with van der Waals surface area (Å²) >= 11 is 5.93. The predicted molar refractivity (Wildman–Crippen MR) is 93.9 cm³/mol. The lowest BCUT2D eigenvalue weighted by Gasteiger charge is -2.03. The van der Waals surface area contributed by atoms with Crippen molar-refractivity contribution in [1.82, 2.24) is 0 Å². The highest BCUT2D eigenvalue weighted by atomic mass is 35.5. The van der Waals surface area contributed by atoms with Crippen molar-refractivity contribution in [2.24, 2.45) is 4.99 Å². The average molecular weight is 342 g/mol. The van der Waals surface area contributed by atoms with Crippen molar-refractivity contribution in [3.8, 4) is 0 Å². The number of carbonyl (C=O) groups excluding carboxylic acids is 1. The van der Waals surface area contributed by atoms with E-state index in [1.165, 1.54) is 12.1 Å². The van der Waals surface area contributed by atoms with Gasteiger partial charge in [0, 0.05) is 17.2 Å². The number of hydrogen-bond acceptors (Lipinski definition) is 4. The van der Waals surface area contributed by atoms with Crippen LogP contribution in [0.2, 0.25) is 5.02 Å². The third-order valence-electron chi connectivity index (χ3n) is 3.41. The number of halogens is 1. The van der Waals surface area contributed by atoms with Gasteiger partial charge in [-0.3, -0.25) is 19.9 Å². The molecule has 1 N–H and O–H groups in total. The van der Waals surface area contributed by atoms with Gasteiger partial charge in [0.15, 0.2) is 0 Å². The molecular formula is C17H12ClN3O3. The number of carbonyl (C=O) groups is 1. The van der Waals surface area contributed by atoms with E-state index in [2.05, 4.69) is 10.3 Å². The van der Waals surface area contributed by atoms with Crippen LogP contribution in [0.25, 0.3) is 6.08 Å². The second kappa shape index (κ2) is 6.64.